The first-order valence-electron chi connectivity index (χ1n) is 10.3. The van der Waals surface area contributed by atoms with Gasteiger partial charge in [0.15, 0.2) is 0 Å². The zero-order valence-electron chi connectivity index (χ0n) is 22.7. The van der Waals surface area contributed by atoms with Crippen molar-refractivity contribution in [1.82, 2.24) is 4.98 Å². The summed E-state index contributed by atoms with van der Waals surface area (Å²) in [4.78, 5) is 4.02. The number of fused-ring (bicyclic) bond motifs is 2. The molecule has 1 N–H and O–H groups in total. The third kappa shape index (κ3) is 4.80. The van der Waals surface area contributed by atoms with Crippen LogP contribution in [-0.2, 0) is 10.8 Å². The number of hydrogen-bond donors (Lipinski definition) is 1. The van der Waals surface area contributed by atoms with Gasteiger partial charge in [0.1, 0.15) is 8.24 Å². The van der Waals surface area contributed by atoms with Crippen molar-refractivity contribution in [3.8, 4) is 0 Å². The summed E-state index contributed by atoms with van der Waals surface area (Å²) in [6.45, 7) is 24.0. The summed E-state index contributed by atoms with van der Waals surface area (Å²) in [5, 5.41) is 0. The van der Waals surface area contributed by atoms with Crippen LogP contribution >= 0.6 is 0 Å². The second-order valence-corrected chi connectivity index (χ2v) is 16.0. The fraction of sp³-hybridized carbons (Fsp3) is 0.667. The molecule has 0 aliphatic heterocycles. The molecule has 0 amide bonds. The zero-order valence-corrected chi connectivity index (χ0v) is 21.7. The molecule has 0 saturated carbocycles. The Morgan fingerprint density at radius 2 is 1.43 bits per heavy atom. The molecule has 0 saturated heterocycles. The van der Waals surface area contributed by atoms with E-state index in [1.165, 1.54) is 18.4 Å². The fourth-order valence-electron chi connectivity index (χ4n) is 5.59. The molecule has 0 radical (unpaired) electrons. The van der Waals surface area contributed by atoms with Gasteiger partial charge in [-0.1, -0.05) is 64.6 Å². The third-order valence-corrected chi connectivity index (χ3v) is 10.2. The molecule has 1 aromatic rings. The Labute approximate surface area is 202 Å². The Kier molecular flexibility index (Phi) is 7.64. The standard InChI is InChI=1S/C24H39NSi.2Li.2H/c1-16-13-17-14-19-20(24(7,8)12-11-23(19,5)6)15-18(17)21(16)26(9,10)25-22(2,3)4;;;;/h13-15,21,25H,11-12H2,1-10H3;;;;/q;2*+1;2*-1. The Morgan fingerprint density at radius 1 is 0.964 bits per heavy atom. The van der Waals surface area contributed by atoms with Gasteiger partial charge in [-0.3, -0.25) is 0 Å². The number of rotatable bonds is 2. The van der Waals surface area contributed by atoms with Crippen LogP contribution in [0.2, 0.25) is 13.1 Å². The zero-order chi connectivity index (χ0) is 19.7. The van der Waals surface area contributed by atoms with Gasteiger partial charge < -0.3 is 7.84 Å². The normalized spacial score (nSPS) is 22.4. The molecule has 148 valence electrons. The average molecular weight is 386 g/mol. The van der Waals surface area contributed by atoms with Crippen molar-refractivity contribution in [1.29, 1.82) is 0 Å². The first-order valence-corrected chi connectivity index (χ1v) is 13.4. The van der Waals surface area contributed by atoms with Crippen LogP contribution in [0, 0.1) is 0 Å². The van der Waals surface area contributed by atoms with Crippen LogP contribution in [0.4, 0.5) is 0 Å². The predicted octanol–water partition coefficient (Wildman–Crippen LogP) is 0.902. The Morgan fingerprint density at radius 3 is 1.89 bits per heavy atom. The van der Waals surface area contributed by atoms with Crippen LogP contribution in [-0.4, -0.2) is 13.8 Å². The summed E-state index contributed by atoms with van der Waals surface area (Å²) in [7, 11) is -1.67. The van der Waals surface area contributed by atoms with Crippen molar-refractivity contribution in [2.75, 3.05) is 0 Å². The predicted molar refractivity (Wildman–Crippen MR) is 121 cm³/mol. The maximum Gasteiger partial charge on any atom is 1.00 e. The van der Waals surface area contributed by atoms with E-state index >= 15 is 0 Å². The smallest absolute Gasteiger partial charge is 1.00 e. The quantitative estimate of drug-likeness (QED) is 0.746. The average Bonchev–Trinajstić information content (AvgIpc) is 2.76. The van der Waals surface area contributed by atoms with Crippen LogP contribution < -0.4 is 42.7 Å². The molecule has 28 heavy (non-hydrogen) atoms. The van der Waals surface area contributed by atoms with Gasteiger partial charge in [-0.05, 0) is 73.6 Å². The molecule has 1 atom stereocenters. The van der Waals surface area contributed by atoms with Crippen molar-refractivity contribution in [3.05, 3.63) is 40.0 Å². The molecule has 1 aromatic carbocycles. The molecule has 2 aliphatic carbocycles. The molecular weight excluding hydrogens is 344 g/mol. The van der Waals surface area contributed by atoms with Gasteiger partial charge in [-0.15, -0.1) is 0 Å². The molecule has 0 bridgehead atoms. The summed E-state index contributed by atoms with van der Waals surface area (Å²) < 4.78 is 0. The minimum Gasteiger partial charge on any atom is -1.00 e. The fourth-order valence-corrected chi connectivity index (χ4v) is 9.92. The van der Waals surface area contributed by atoms with Crippen molar-refractivity contribution < 1.29 is 40.6 Å². The van der Waals surface area contributed by atoms with Crippen molar-refractivity contribution >= 4 is 14.3 Å². The maximum atomic E-state index is 4.02. The van der Waals surface area contributed by atoms with E-state index < -0.39 is 8.24 Å². The van der Waals surface area contributed by atoms with E-state index in [0.29, 0.717) is 5.54 Å². The molecule has 4 heteroatoms. The molecule has 0 heterocycles. The summed E-state index contributed by atoms with van der Waals surface area (Å²) >= 11 is 0. The van der Waals surface area contributed by atoms with E-state index in [1.54, 1.807) is 22.3 Å². The number of allylic oxidation sites excluding steroid dienone is 1. The Balaban J connectivity index is 0. The van der Waals surface area contributed by atoms with E-state index in [0.717, 1.165) is 0 Å². The minimum atomic E-state index is -1.67. The van der Waals surface area contributed by atoms with Crippen LogP contribution in [0.25, 0.3) is 6.08 Å². The van der Waals surface area contributed by atoms with Crippen molar-refractivity contribution in [2.45, 2.75) is 103 Å². The van der Waals surface area contributed by atoms with Crippen molar-refractivity contribution in [2.24, 2.45) is 0 Å². The second-order valence-electron chi connectivity index (χ2n) is 11.7. The summed E-state index contributed by atoms with van der Waals surface area (Å²) in [6.07, 6.45) is 5.03. The summed E-state index contributed by atoms with van der Waals surface area (Å²) in [5.41, 5.74) is 9.10. The van der Waals surface area contributed by atoms with Gasteiger partial charge in [0, 0.05) is 11.1 Å². The van der Waals surface area contributed by atoms with E-state index in [4.69, 9.17) is 0 Å². The number of nitrogens with one attached hydrogen (secondary N) is 1. The van der Waals surface area contributed by atoms with Gasteiger partial charge in [0.05, 0.1) is 0 Å². The van der Waals surface area contributed by atoms with E-state index in [2.05, 4.69) is 91.7 Å². The van der Waals surface area contributed by atoms with Crippen LogP contribution in [0.1, 0.15) is 98.9 Å². The SMILES string of the molecule is CC1=Cc2cc3c(cc2C1[Si](C)(C)NC(C)(C)C)C(C)(C)CCC3(C)C.[H-].[H-].[Li+].[Li+]. The van der Waals surface area contributed by atoms with Crippen LogP contribution in [0.3, 0.4) is 0 Å². The molecule has 0 aromatic heterocycles. The molecule has 1 unspecified atom stereocenters. The maximum absolute atomic E-state index is 4.02. The number of benzene rings is 1. The van der Waals surface area contributed by atoms with Crippen LogP contribution in [0.15, 0.2) is 17.7 Å². The molecule has 0 fully saturated rings. The van der Waals surface area contributed by atoms with Gasteiger partial charge in [0.25, 0.3) is 0 Å². The first-order chi connectivity index (χ1) is 11.6. The Bertz CT molecular complexity index is 780. The molecular formula is C24H41Li2NSi. The molecule has 0 spiro atoms. The van der Waals surface area contributed by atoms with Gasteiger partial charge in [0.2, 0.25) is 0 Å². The van der Waals surface area contributed by atoms with Gasteiger partial charge in [-0.2, -0.15) is 0 Å². The Hall–Kier alpha value is 0.332. The van der Waals surface area contributed by atoms with Crippen LogP contribution in [0.5, 0.6) is 0 Å². The second kappa shape index (κ2) is 8.11. The first kappa shape index (κ1) is 26.4. The third-order valence-electron chi connectivity index (χ3n) is 6.62. The molecule has 1 nitrogen and oxygen atoms in total. The molecule has 2 aliphatic rings. The van der Waals surface area contributed by atoms with Crippen molar-refractivity contribution in [3.63, 3.8) is 0 Å². The van der Waals surface area contributed by atoms with E-state index in [9.17, 15) is 0 Å². The van der Waals surface area contributed by atoms with Gasteiger partial charge >= 0.3 is 37.7 Å². The largest absolute Gasteiger partial charge is 1.00 e. The monoisotopic (exact) mass is 385 g/mol. The minimum absolute atomic E-state index is 0. The van der Waals surface area contributed by atoms with E-state index in [1.807, 2.05) is 0 Å². The summed E-state index contributed by atoms with van der Waals surface area (Å²) in [6, 6.07) is 5.14. The number of hydrogen-bond acceptors (Lipinski definition) is 1. The van der Waals surface area contributed by atoms with Gasteiger partial charge in [-0.25, -0.2) is 0 Å². The van der Waals surface area contributed by atoms with E-state index in [-0.39, 0.29) is 56.9 Å². The topological polar surface area (TPSA) is 12.0 Å². The summed E-state index contributed by atoms with van der Waals surface area (Å²) in [5.74, 6) is 0. The molecule has 3 rings (SSSR count).